The van der Waals surface area contributed by atoms with Gasteiger partial charge < -0.3 is 10.1 Å². The summed E-state index contributed by atoms with van der Waals surface area (Å²) in [7, 11) is 1.74. The number of benzene rings is 1. The highest BCUT2D eigenvalue weighted by atomic mass is 35.5. The van der Waals surface area contributed by atoms with E-state index in [2.05, 4.69) is 10.1 Å². The second-order valence-electron chi connectivity index (χ2n) is 3.13. The largest absolute Gasteiger partial charge is 0.484 e. The van der Waals surface area contributed by atoms with Gasteiger partial charge in [0.2, 0.25) is 0 Å². The second-order valence-corrected chi connectivity index (χ2v) is 3.13. The first kappa shape index (κ1) is 14.9. The van der Waals surface area contributed by atoms with Crippen molar-refractivity contribution in [1.82, 2.24) is 0 Å². The molecule has 0 heterocycles. The van der Waals surface area contributed by atoms with Gasteiger partial charge in [0.05, 0.1) is 0 Å². The van der Waals surface area contributed by atoms with Crippen molar-refractivity contribution in [2.24, 2.45) is 0 Å². The van der Waals surface area contributed by atoms with E-state index in [0.717, 1.165) is 5.69 Å². The van der Waals surface area contributed by atoms with Gasteiger partial charge in [0, 0.05) is 12.7 Å². The molecule has 0 bridgehead atoms. The van der Waals surface area contributed by atoms with Crippen molar-refractivity contribution in [3.05, 3.63) is 23.8 Å². The Balaban J connectivity index is 0.00000225. The third kappa shape index (κ3) is 4.61. The number of hydrogen-bond donors (Lipinski definition) is 1. The zero-order valence-electron chi connectivity index (χ0n) is 8.89. The predicted octanol–water partition coefficient (Wildman–Crippen LogP) is 3.40. The van der Waals surface area contributed by atoms with Gasteiger partial charge in [-0.25, -0.2) is 0 Å². The van der Waals surface area contributed by atoms with E-state index in [1.54, 1.807) is 26.1 Å². The van der Waals surface area contributed by atoms with E-state index in [0.29, 0.717) is 5.56 Å². The van der Waals surface area contributed by atoms with Gasteiger partial charge in [-0.15, -0.1) is 12.4 Å². The van der Waals surface area contributed by atoms with Crippen LogP contribution in [0.4, 0.5) is 18.9 Å². The zero-order chi connectivity index (χ0) is 11.5. The molecule has 0 spiro atoms. The Morgan fingerprint density at radius 2 is 1.94 bits per heavy atom. The predicted molar refractivity (Wildman–Crippen MR) is 59.5 cm³/mol. The maximum absolute atomic E-state index is 11.9. The van der Waals surface area contributed by atoms with Gasteiger partial charge >= 0.3 is 6.18 Å². The summed E-state index contributed by atoms with van der Waals surface area (Å²) in [6.45, 7) is 0.444. The van der Waals surface area contributed by atoms with Crippen LogP contribution >= 0.6 is 12.4 Å². The molecule has 0 aliphatic rings. The fraction of sp³-hybridized carbons (Fsp3) is 0.400. The second kappa shape index (κ2) is 5.84. The average Bonchev–Trinajstić information content (AvgIpc) is 2.14. The van der Waals surface area contributed by atoms with Crippen LogP contribution in [0.5, 0.6) is 5.75 Å². The van der Waals surface area contributed by atoms with Crippen molar-refractivity contribution >= 4 is 18.1 Å². The summed E-state index contributed by atoms with van der Waals surface area (Å²) in [4.78, 5) is 0. The fourth-order valence-corrected chi connectivity index (χ4v) is 1.13. The average molecular weight is 256 g/mol. The smallest absolute Gasteiger partial charge is 0.422 e. The molecular formula is C10H13ClF3NO. The standard InChI is InChI=1S/C10H12F3NO.ClH/c1-7-5-8(14-2)3-4-9(7)15-6-10(11,12)13;/h3-5,14H,6H2,1-2H3;1H. The Morgan fingerprint density at radius 1 is 1.31 bits per heavy atom. The summed E-state index contributed by atoms with van der Waals surface area (Å²) < 4.78 is 40.3. The zero-order valence-corrected chi connectivity index (χ0v) is 9.71. The molecule has 1 N–H and O–H groups in total. The summed E-state index contributed by atoms with van der Waals surface area (Å²) in [5, 5.41) is 2.89. The fourth-order valence-electron chi connectivity index (χ4n) is 1.13. The molecule has 0 aliphatic carbocycles. The van der Waals surface area contributed by atoms with Gasteiger partial charge in [0.15, 0.2) is 6.61 Å². The molecule has 0 fully saturated rings. The van der Waals surface area contributed by atoms with Gasteiger partial charge in [-0.2, -0.15) is 13.2 Å². The number of rotatable bonds is 3. The Kier molecular flexibility index (Phi) is 5.44. The van der Waals surface area contributed by atoms with E-state index in [1.807, 2.05) is 0 Å². The molecule has 92 valence electrons. The maximum Gasteiger partial charge on any atom is 0.422 e. The maximum atomic E-state index is 11.9. The van der Waals surface area contributed by atoms with Crippen LogP contribution in [0.1, 0.15) is 5.56 Å². The molecule has 0 aromatic heterocycles. The highest BCUT2D eigenvalue weighted by Gasteiger charge is 2.28. The van der Waals surface area contributed by atoms with Gasteiger partial charge in [-0.1, -0.05) is 0 Å². The monoisotopic (exact) mass is 255 g/mol. The molecule has 16 heavy (non-hydrogen) atoms. The molecule has 1 aromatic rings. The molecule has 0 unspecified atom stereocenters. The number of ether oxygens (including phenoxy) is 1. The lowest BCUT2D eigenvalue weighted by Gasteiger charge is -2.12. The lowest BCUT2D eigenvalue weighted by Crippen LogP contribution is -2.19. The van der Waals surface area contributed by atoms with Crippen LogP contribution in [0.2, 0.25) is 0 Å². The van der Waals surface area contributed by atoms with Crippen molar-refractivity contribution in [2.75, 3.05) is 19.0 Å². The van der Waals surface area contributed by atoms with Crippen LogP contribution in [-0.2, 0) is 0 Å². The molecule has 1 aromatic carbocycles. The minimum Gasteiger partial charge on any atom is -0.484 e. The van der Waals surface area contributed by atoms with Gasteiger partial charge in [0.25, 0.3) is 0 Å². The lowest BCUT2D eigenvalue weighted by atomic mass is 10.2. The molecule has 1 rings (SSSR count). The molecule has 0 radical (unpaired) electrons. The third-order valence-electron chi connectivity index (χ3n) is 1.85. The number of halogens is 4. The first-order valence-electron chi connectivity index (χ1n) is 4.40. The summed E-state index contributed by atoms with van der Waals surface area (Å²) in [6.07, 6.45) is -4.30. The van der Waals surface area contributed by atoms with Crippen LogP contribution in [0, 0.1) is 6.92 Å². The van der Waals surface area contributed by atoms with E-state index in [9.17, 15) is 13.2 Å². The molecule has 0 amide bonds. The van der Waals surface area contributed by atoms with Crippen LogP contribution in [0.3, 0.4) is 0 Å². The quantitative estimate of drug-likeness (QED) is 0.894. The van der Waals surface area contributed by atoms with Gasteiger partial charge in [-0.3, -0.25) is 0 Å². The van der Waals surface area contributed by atoms with E-state index in [-0.39, 0.29) is 18.2 Å². The lowest BCUT2D eigenvalue weighted by molar-refractivity contribution is -0.153. The molecule has 0 atom stereocenters. The van der Waals surface area contributed by atoms with Crippen molar-refractivity contribution < 1.29 is 17.9 Å². The SMILES string of the molecule is CNc1ccc(OCC(F)(F)F)c(C)c1.Cl. The van der Waals surface area contributed by atoms with Gasteiger partial charge in [0.1, 0.15) is 5.75 Å². The minimum absolute atomic E-state index is 0. The third-order valence-corrected chi connectivity index (χ3v) is 1.85. The van der Waals surface area contributed by atoms with Crippen molar-refractivity contribution in [3.63, 3.8) is 0 Å². The molecule has 6 heteroatoms. The van der Waals surface area contributed by atoms with E-state index in [1.165, 1.54) is 6.07 Å². The highest BCUT2D eigenvalue weighted by molar-refractivity contribution is 5.85. The van der Waals surface area contributed by atoms with Crippen molar-refractivity contribution in [2.45, 2.75) is 13.1 Å². The normalized spacial score (nSPS) is 10.6. The first-order valence-corrected chi connectivity index (χ1v) is 4.40. The van der Waals surface area contributed by atoms with Crippen molar-refractivity contribution in [3.8, 4) is 5.75 Å². The van der Waals surface area contributed by atoms with Crippen LogP contribution in [0.15, 0.2) is 18.2 Å². The molecule has 0 aliphatic heterocycles. The van der Waals surface area contributed by atoms with E-state index < -0.39 is 12.8 Å². The Hall–Kier alpha value is -1.10. The summed E-state index contributed by atoms with van der Waals surface area (Å²) in [5.41, 5.74) is 1.51. The van der Waals surface area contributed by atoms with Gasteiger partial charge in [-0.05, 0) is 30.7 Å². The summed E-state index contributed by atoms with van der Waals surface area (Å²) in [5.74, 6) is 0.256. The Bertz CT molecular complexity index is 341. The van der Waals surface area contributed by atoms with Crippen molar-refractivity contribution in [1.29, 1.82) is 0 Å². The molecule has 0 saturated carbocycles. The summed E-state index contributed by atoms with van der Waals surface area (Å²) in [6, 6.07) is 4.91. The minimum atomic E-state index is -4.30. The highest BCUT2D eigenvalue weighted by Crippen LogP contribution is 2.24. The molecular weight excluding hydrogens is 243 g/mol. The topological polar surface area (TPSA) is 21.3 Å². The summed E-state index contributed by atoms with van der Waals surface area (Å²) >= 11 is 0. The Labute approximate surface area is 98.2 Å². The Morgan fingerprint density at radius 3 is 2.38 bits per heavy atom. The number of hydrogen-bond acceptors (Lipinski definition) is 2. The van der Waals surface area contributed by atoms with Crippen LogP contribution in [-0.4, -0.2) is 19.8 Å². The molecule has 2 nitrogen and oxygen atoms in total. The van der Waals surface area contributed by atoms with Crippen LogP contribution in [0.25, 0.3) is 0 Å². The molecule has 0 saturated heterocycles. The first-order chi connectivity index (χ1) is 6.92. The number of nitrogens with one attached hydrogen (secondary N) is 1. The number of aryl methyl sites for hydroxylation is 1. The van der Waals surface area contributed by atoms with E-state index in [4.69, 9.17) is 0 Å². The number of alkyl halides is 3. The van der Waals surface area contributed by atoms with Crippen LogP contribution < -0.4 is 10.1 Å². The number of anilines is 1. The van der Waals surface area contributed by atoms with E-state index >= 15 is 0 Å².